The molecule has 0 fully saturated rings. The molecule has 0 heterocycles. The first-order valence-corrected chi connectivity index (χ1v) is 6.03. The third-order valence-electron chi connectivity index (χ3n) is 2.83. The molecule has 0 spiro atoms. The van der Waals surface area contributed by atoms with E-state index in [9.17, 15) is 14.9 Å². The Kier molecular flexibility index (Phi) is 5.74. The number of nitro groups is 1. The zero-order valence-electron chi connectivity index (χ0n) is 10.9. The van der Waals surface area contributed by atoms with E-state index in [1.165, 1.54) is 6.07 Å². The normalized spacial score (nSPS) is 11.7. The molecule has 0 aliphatic rings. The van der Waals surface area contributed by atoms with E-state index < -0.39 is 4.92 Å². The molecule has 19 heavy (non-hydrogen) atoms. The summed E-state index contributed by atoms with van der Waals surface area (Å²) in [5.74, 6) is 0.131. The number of aryl methyl sites for hydroxylation is 1. The number of nitrogens with one attached hydrogen (secondary N) is 2. The minimum atomic E-state index is -0.405. The van der Waals surface area contributed by atoms with Gasteiger partial charge in [-0.05, 0) is 18.6 Å². The van der Waals surface area contributed by atoms with Gasteiger partial charge < -0.3 is 16.4 Å². The Balaban J connectivity index is 2.70. The molecule has 1 aromatic rings. The smallest absolute Gasteiger partial charge is 0.292 e. The van der Waals surface area contributed by atoms with Crippen molar-refractivity contribution < 1.29 is 15.5 Å². The van der Waals surface area contributed by atoms with Gasteiger partial charge in [-0.3, -0.25) is 14.9 Å². The fourth-order valence-electron chi connectivity index (χ4n) is 1.69. The topological polar surface area (TPSA) is 112 Å². The second-order valence-electron chi connectivity index (χ2n) is 4.34. The van der Waals surface area contributed by atoms with Gasteiger partial charge in [0.15, 0.2) is 0 Å². The maximum Gasteiger partial charge on any atom is 0.292 e. The first-order valence-electron chi connectivity index (χ1n) is 6.03. The maximum absolute atomic E-state index is 11.0. The lowest BCUT2D eigenvalue weighted by molar-refractivity contribution is -0.384. The highest BCUT2D eigenvalue weighted by molar-refractivity contribution is 5.62. The van der Waals surface area contributed by atoms with Crippen molar-refractivity contribution in [1.29, 1.82) is 0 Å². The van der Waals surface area contributed by atoms with Crippen LogP contribution in [0.4, 0.5) is 11.4 Å². The zero-order valence-corrected chi connectivity index (χ0v) is 10.9. The van der Waals surface area contributed by atoms with Crippen LogP contribution in [-0.2, 0) is 4.79 Å². The lowest BCUT2D eigenvalue weighted by Gasteiger charge is -2.14. The van der Waals surface area contributed by atoms with Gasteiger partial charge in [-0.25, -0.2) is 0 Å². The Hall–Kier alpha value is -2.15. The van der Waals surface area contributed by atoms with Crippen molar-refractivity contribution in [2.75, 3.05) is 25.0 Å². The number of nitrogens with zero attached hydrogens (tertiary/aromatic N) is 1. The van der Waals surface area contributed by atoms with Crippen LogP contribution >= 0.6 is 0 Å². The van der Waals surface area contributed by atoms with Crippen LogP contribution in [0.15, 0.2) is 18.2 Å². The standard InChI is InChI=1S/C12H18N4O3/c1-9-2-3-11(12(4-9)16(18)19)15-7-10(5-13)6-14-8-17/h2-4,8,10,15H,5-7,13H2,1H3,(H,14,17)/p+1. The third kappa shape index (κ3) is 4.55. The molecule has 0 bridgehead atoms. The molecule has 7 nitrogen and oxygen atoms in total. The summed E-state index contributed by atoms with van der Waals surface area (Å²) in [6, 6.07) is 5.05. The molecule has 104 valence electrons. The Morgan fingerprint density at radius 1 is 1.47 bits per heavy atom. The number of carbonyl (C=O) groups is 1. The summed E-state index contributed by atoms with van der Waals surface area (Å²) in [5, 5.41) is 16.6. The van der Waals surface area contributed by atoms with Gasteiger partial charge in [0.2, 0.25) is 6.41 Å². The Bertz CT molecular complexity index is 451. The number of hydrogen-bond donors (Lipinski definition) is 3. The van der Waals surface area contributed by atoms with E-state index >= 15 is 0 Å². The predicted octanol–water partition coefficient (Wildman–Crippen LogP) is -0.0808. The average molecular weight is 267 g/mol. The van der Waals surface area contributed by atoms with Crippen molar-refractivity contribution in [3.63, 3.8) is 0 Å². The van der Waals surface area contributed by atoms with Crippen LogP contribution in [0.5, 0.6) is 0 Å². The Morgan fingerprint density at radius 3 is 2.79 bits per heavy atom. The molecular formula is C12H19N4O3+. The molecule has 1 atom stereocenters. The summed E-state index contributed by atoms with van der Waals surface area (Å²) in [4.78, 5) is 20.8. The molecule has 0 aliphatic carbocycles. The number of amides is 1. The van der Waals surface area contributed by atoms with Gasteiger partial charge in [0.1, 0.15) is 5.69 Å². The number of nitro benzene ring substituents is 1. The van der Waals surface area contributed by atoms with Gasteiger partial charge in [-0.1, -0.05) is 6.07 Å². The summed E-state index contributed by atoms with van der Waals surface area (Å²) in [7, 11) is 0. The second-order valence-corrected chi connectivity index (χ2v) is 4.34. The first-order chi connectivity index (χ1) is 9.08. The van der Waals surface area contributed by atoms with Gasteiger partial charge >= 0.3 is 0 Å². The molecule has 0 radical (unpaired) electrons. The SMILES string of the molecule is Cc1ccc(NCC(C[NH3+])CNC=O)c([N+](=O)[O-])c1. The monoisotopic (exact) mass is 267 g/mol. The fraction of sp³-hybridized carbons (Fsp3) is 0.417. The Morgan fingerprint density at radius 2 is 2.21 bits per heavy atom. The molecule has 1 unspecified atom stereocenters. The number of hydrogen-bond acceptors (Lipinski definition) is 4. The first kappa shape index (κ1) is 14.9. The third-order valence-corrected chi connectivity index (χ3v) is 2.83. The van der Waals surface area contributed by atoms with E-state index in [0.29, 0.717) is 31.7 Å². The minimum Gasteiger partial charge on any atom is -0.379 e. The van der Waals surface area contributed by atoms with Crippen molar-refractivity contribution in [3.8, 4) is 0 Å². The highest BCUT2D eigenvalue weighted by Gasteiger charge is 2.15. The summed E-state index contributed by atoms with van der Waals surface area (Å²) in [6.07, 6.45) is 0.636. The van der Waals surface area contributed by atoms with Crippen LogP contribution in [0.1, 0.15) is 5.56 Å². The summed E-state index contributed by atoms with van der Waals surface area (Å²) >= 11 is 0. The van der Waals surface area contributed by atoms with Crippen molar-refractivity contribution in [3.05, 3.63) is 33.9 Å². The van der Waals surface area contributed by atoms with Crippen LogP contribution in [0, 0.1) is 23.0 Å². The largest absolute Gasteiger partial charge is 0.379 e. The van der Waals surface area contributed by atoms with Crippen LogP contribution in [0.2, 0.25) is 0 Å². The van der Waals surface area contributed by atoms with Crippen molar-refractivity contribution in [1.82, 2.24) is 5.32 Å². The van der Waals surface area contributed by atoms with Crippen LogP contribution in [-0.4, -0.2) is 31.0 Å². The maximum atomic E-state index is 11.0. The number of carbonyl (C=O) groups excluding carboxylic acids is 1. The Labute approximate surface area is 111 Å². The molecule has 0 aliphatic heterocycles. The van der Waals surface area contributed by atoms with Crippen LogP contribution in [0.3, 0.4) is 0 Å². The van der Waals surface area contributed by atoms with Gasteiger partial charge in [-0.2, -0.15) is 0 Å². The number of quaternary nitrogens is 1. The van der Waals surface area contributed by atoms with Gasteiger partial charge in [0.25, 0.3) is 5.69 Å². The van der Waals surface area contributed by atoms with Crippen LogP contribution < -0.4 is 16.4 Å². The number of benzene rings is 1. The molecule has 5 N–H and O–H groups in total. The number of anilines is 1. The summed E-state index contributed by atoms with van der Waals surface area (Å²) < 4.78 is 0. The summed E-state index contributed by atoms with van der Waals surface area (Å²) in [6.45, 7) is 3.46. The van der Waals surface area contributed by atoms with E-state index in [0.717, 1.165) is 5.56 Å². The van der Waals surface area contributed by atoms with Gasteiger partial charge in [0.05, 0.1) is 11.5 Å². The van der Waals surface area contributed by atoms with E-state index in [1.54, 1.807) is 6.07 Å². The van der Waals surface area contributed by atoms with Gasteiger partial charge in [0, 0.05) is 25.1 Å². The molecule has 0 saturated carbocycles. The van der Waals surface area contributed by atoms with Crippen molar-refractivity contribution in [2.45, 2.75) is 6.92 Å². The molecule has 0 saturated heterocycles. The molecule has 1 aromatic carbocycles. The van der Waals surface area contributed by atoms with E-state index in [2.05, 4.69) is 16.4 Å². The average Bonchev–Trinajstić information content (AvgIpc) is 2.40. The second kappa shape index (κ2) is 7.32. The molecule has 1 amide bonds. The molecule has 1 rings (SSSR count). The lowest BCUT2D eigenvalue weighted by Crippen LogP contribution is -2.56. The fourth-order valence-corrected chi connectivity index (χ4v) is 1.69. The van der Waals surface area contributed by atoms with Gasteiger partial charge in [-0.15, -0.1) is 0 Å². The lowest BCUT2D eigenvalue weighted by atomic mass is 10.1. The van der Waals surface area contributed by atoms with Crippen LogP contribution in [0.25, 0.3) is 0 Å². The van der Waals surface area contributed by atoms with Crippen molar-refractivity contribution >= 4 is 17.8 Å². The molecule has 0 aromatic heterocycles. The van der Waals surface area contributed by atoms with E-state index in [4.69, 9.17) is 0 Å². The molecular weight excluding hydrogens is 248 g/mol. The zero-order chi connectivity index (χ0) is 14.3. The van der Waals surface area contributed by atoms with E-state index in [-0.39, 0.29) is 11.6 Å². The van der Waals surface area contributed by atoms with E-state index in [1.807, 2.05) is 13.0 Å². The highest BCUT2D eigenvalue weighted by atomic mass is 16.6. The highest BCUT2D eigenvalue weighted by Crippen LogP contribution is 2.25. The quantitative estimate of drug-likeness (QED) is 0.347. The number of rotatable bonds is 8. The predicted molar refractivity (Wildman–Crippen MR) is 71.6 cm³/mol. The van der Waals surface area contributed by atoms with Crippen molar-refractivity contribution in [2.24, 2.45) is 5.92 Å². The molecule has 7 heteroatoms. The minimum absolute atomic E-state index is 0.0613. The summed E-state index contributed by atoms with van der Waals surface area (Å²) in [5.41, 5.74) is 5.18.